The van der Waals surface area contributed by atoms with Gasteiger partial charge in [0, 0.05) is 24.9 Å². The van der Waals surface area contributed by atoms with Gasteiger partial charge in [-0.2, -0.15) is 0 Å². The van der Waals surface area contributed by atoms with E-state index in [0.29, 0.717) is 0 Å². The van der Waals surface area contributed by atoms with E-state index < -0.39 is 24.0 Å². The number of aliphatic carboxylic acids is 1. The van der Waals surface area contributed by atoms with Crippen LogP contribution in [0.2, 0.25) is 0 Å². The molecule has 2 aromatic carbocycles. The maximum atomic E-state index is 13.0. The van der Waals surface area contributed by atoms with Crippen LogP contribution in [0.15, 0.2) is 48.5 Å². The largest absolute Gasteiger partial charge is 0.481 e. The van der Waals surface area contributed by atoms with Crippen molar-refractivity contribution < 1.29 is 29.3 Å². The fourth-order valence-corrected chi connectivity index (χ4v) is 4.24. The molecule has 8 nitrogen and oxygen atoms in total. The highest BCUT2D eigenvalue weighted by Crippen LogP contribution is 2.44. The highest BCUT2D eigenvalue weighted by atomic mass is 16.5. The standard InChI is InChI=1S/C25H30N2O6/c1-16(2)27(13-14-28)24(31)22(11-12-23(29)30)26-25(32)33-15-21-19-9-5-3-7-17(19)18-8-4-6-10-20(18)21/h3-10,16,21-22,28H,11-15H2,1-2H3,(H,26,32)(H,29,30). The molecule has 1 aliphatic carbocycles. The fourth-order valence-electron chi connectivity index (χ4n) is 4.24. The molecule has 176 valence electrons. The first kappa shape index (κ1) is 24.3. The van der Waals surface area contributed by atoms with Gasteiger partial charge in [0.25, 0.3) is 0 Å². The van der Waals surface area contributed by atoms with Gasteiger partial charge in [-0.3, -0.25) is 9.59 Å². The van der Waals surface area contributed by atoms with E-state index in [9.17, 15) is 19.5 Å². The molecule has 8 heteroatoms. The number of carboxylic acids is 1. The minimum Gasteiger partial charge on any atom is -0.481 e. The molecule has 0 spiro atoms. The summed E-state index contributed by atoms with van der Waals surface area (Å²) in [6, 6.07) is 14.6. The van der Waals surface area contributed by atoms with Gasteiger partial charge in [0.2, 0.25) is 5.91 Å². The topological polar surface area (TPSA) is 116 Å². The summed E-state index contributed by atoms with van der Waals surface area (Å²) in [5, 5.41) is 20.9. The molecule has 1 aliphatic rings. The summed E-state index contributed by atoms with van der Waals surface area (Å²) >= 11 is 0. The maximum Gasteiger partial charge on any atom is 0.407 e. The number of aliphatic hydroxyl groups is 1. The lowest BCUT2D eigenvalue weighted by Crippen LogP contribution is -2.51. The molecule has 1 atom stereocenters. The predicted molar refractivity (Wildman–Crippen MR) is 123 cm³/mol. The number of alkyl carbamates (subject to hydrolysis) is 1. The third-order valence-electron chi connectivity index (χ3n) is 5.83. The third kappa shape index (κ3) is 5.70. The first-order valence-electron chi connectivity index (χ1n) is 11.1. The smallest absolute Gasteiger partial charge is 0.407 e. The van der Waals surface area contributed by atoms with Gasteiger partial charge in [-0.05, 0) is 42.5 Å². The molecule has 0 heterocycles. The number of nitrogens with one attached hydrogen (secondary N) is 1. The number of benzene rings is 2. The molecule has 1 unspecified atom stereocenters. The number of hydrogen-bond acceptors (Lipinski definition) is 5. The summed E-state index contributed by atoms with van der Waals surface area (Å²) in [4.78, 5) is 38.1. The van der Waals surface area contributed by atoms with E-state index in [-0.39, 0.29) is 44.6 Å². The van der Waals surface area contributed by atoms with Gasteiger partial charge in [-0.15, -0.1) is 0 Å². The van der Waals surface area contributed by atoms with Crippen LogP contribution in [0.4, 0.5) is 4.79 Å². The van der Waals surface area contributed by atoms with Gasteiger partial charge in [0.15, 0.2) is 0 Å². The number of carboxylic acid groups (broad SMARTS) is 1. The third-order valence-corrected chi connectivity index (χ3v) is 5.83. The van der Waals surface area contributed by atoms with E-state index in [4.69, 9.17) is 9.84 Å². The number of fused-ring (bicyclic) bond motifs is 3. The van der Waals surface area contributed by atoms with Crippen molar-refractivity contribution >= 4 is 18.0 Å². The minimum atomic E-state index is -1.07. The number of rotatable bonds is 10. The van der Waals surface area contributed by atoms with Crippen LogP contribution in [0.1, 0.15) is 43.7 Å². The molecule has 0 bridgehead atoms. The van der Waals surface area contributed by atoms with Crippen molar-refractivity contribution in [1.29, 1.82) is 0 Å². The molecule has 3 N–H and O–H groups in total. The second-order valence-corrected chi connectivity index (χ2v) is 8.30. The molecule has 0 aromatic heterocycles. The van der Waals surface area contributed by atoms with Crippen LogP contribution in [0.3, 0.4) is 0 Å². The Labute approximate surface area is 193 Å². The Morgan fingerprint density at radius 1 is 1.03 bits per heavy atom. The maximum absolute atomic E-state index is 13.0. The number of carbonyl (C=O) groups is 3. The van der Waals surface area contributed by atoms with Gasteiger partial charge in [0.1, 0.15) is 12.6 Å². The average molecular weight is 455 g/mol. The second kappa shape index (κ2) is 11.0. The lowest BCUT2D eigenvalue weighted by Gasteiger charge is -2.30. The molecular weight excluding hydrogens is 424 g/mol. The zero-order valence-corrected chi connectivity index (χ0v) is 18.9. The summed E-state index contributed by atoms with van der Waals surface area (Å²) in [5.74, 6) is -1.65. The van der Waals surface area contributed by atoms with Gasteiger partial charge in [-0.1, -0.05) is 48.5 Å². The van der Waals surface area contributed by atoms with Crippen molar-refractivity contribution in [1.82, 2.24) is 10.2 Å². The van der Waals surface area contributed by atoms with Crippen LogP contribution in [0, 0.1) is 0 Å². The molecule has 2 amide bonds. The van der Waals surface area contributed by atoms with Crippen LogP contribution in [-0.2, 0) is 14.3 Å². The number of aliphatic hydroxyl groups excluding tert-OH is 1. The zero-order valence-electron chi connectivity index (χ0n) is 18.9. The van der Waals surface area contributed by atoms with E-state index in [2.05, 4.69) is 5.32 Å². The molecule has 3 rings (SSSR count). The summed E-state index contributed by atoms with van der Waals surface area (Å²) in [5.41, 5.74) is 4.35. The van der Waals surface area contributed by atoms with Crippen molar-refractivity contribution in [3.63, 3.8) is 0 Å². The molecule has 0 saturated heterocycles. The number of carbonyl (C=O) groups excluding carboxylic acids is 2. The minimum absolute atomic E-state index is 0.0764. The predicted octanol–water partition coefficient (Wildman–Crippen LogP) is 2.99. The van der Waals surface area contributed by atoms with Crippen LogP contribution in [0.25, 0.3) is 11.1 Å². The molecule has 0 aliphatic heterocycles. The highest BCUT2D eigenvalue weighted by molar-refractivity contribution is 5.86. The summed E-state index contributed by atoms with van der Waals surface area (Å²) in [6.07, 6.45) is -1.15. The Kier molecular flexibility index (Phi) is 8.06. The molecule has 0 fully saturated rings. The second-order valence-electron chi connectivity index (χ2n) is 8.30. The first-order valence-corrected chi connectivity index (χ1v) is 11.1. The van der Waals surface area contributed by atoms with Gasteiger partial charge >= 0.3 is 12.1 Å². The van der Waals surface area contributed by atoms with E-state index in [1.54, 1.807) is 13.8 Å². The number of hydrogen-bond donors (Lipinski definition) is 3. The van der Waals surface area contributed by atoms with Crippen LogP contribution in [-0.4, -0.2) is 64.9 Å². The molecule has 0 saturated carbocycles. The van der Waals surface area contributed by atoms with Crippen LogP contribution in [0.5, 0.6) is 0 Å². The SMILES string of the molecule is CC(C)N(CCO)C(=O)C(CCC(=O)O)NC(=O)OCC1c2ccccc2-c2ccccc21. The Bertz CT molecular complexity index is 960. The molecule has 2 aromatic rings. The lowest BCUT2D eigenvalue weighted by molar-refractivity contribution is -0.138. The van der Waals surface area contributed by atoms with Crippen LogP contribution >= 0.6 is 0 Å². The lowest BCUT2D eigenvalue weighted by atomic mass is 9.98. The van der Waals surface area contributed by atoms with Gasteiger partial charge < -0.3 is 25.2 Å². The molecule has 0 radical (unpaired) electrons. The number of ether oxygens (including phenoxy) is 1. The van der Waals surface area contributed by atoms with Crippen molar-refractivity contribution in [2.75, 3.05) is 19.8 Å². The molecule has 33 heavy (non-hydrogen) atoms. The van der Waals surface area contributed by atoms with Crippen molar-refractivity contribution in [2.45, 2.75) is 44.7 Å². The Hall–Kier alpha value is -3.39. The summed E-state index contributed by atoms with van der Waals surface area (Å²) < 4.78 is 5.51. The van der Waals surface area contributed by atoms with Gasteiger partial charge in [-0.25, -0.2) is 4.79 Å². The quantitative estimate of drug-likeness (QED) is 0.508. The molecular formula is C25H30N2O6. The number of amides is 2. The number of nitrogens with zero attached hydrogens (tertiary/aromatic N) is 1. The first-order chi connectivity index (χ1) is 15.8. The normalized spacial score (nSPS) is 13.2. The fraction of sp³-hybridized carbons (Fsp3) is 0.400. The Morgan fingerprint density at radius 2 is 1.61 bits per heavy atom. The van der Waals surface area contributed by atoms with E-state index in [0.717, 1.165) is 22.3 Å². The highest BCUT2D eigenvalue weighted by Gasteiger charge is 2.31. The van der Waals surface area contributed by atoms with Crippen molar-refractivity contribution in [2.24, 2.45) is 0 Å². The van der Waals surface area contributed by atoms with Crippen molar-refractivity contribution in [3.8, 4) is 11.1 Å². The van der Waals surface area contributed by atoms with Crippen molar-refractivity contribution in [3.05, 3.63) is 59.7 Å². The van der Waals surface area contributed by atoms with E-state index in [1.165, 1.54) is 4.90 Å². The average Bonchev–Trinajstić information content (AvgIpc) is 3.12. The monoisotopic (exact) mass is 454 g/mol. The Morgan fingerprint density at radius 3 is 2.12 bits per heavy atom. The van der Waals surface area contributed by atoms with Gasteiger partial charge in [0.05, 0.1) is 6.61 Å². The Balaban J connectivity index is 1.70. The summed E-state index contributed by atoms with van der Waals surface area (Å²) in [6.45, 7) is 3.52. The summed E-state index contributed by atoms with van der Waals surface area (Å²) in [7, 11) is 0. The van der Waals surface area contributed by atoms with E-state index in [1.807, 2.05) is 48.5 Å². The van der Waals surface area contributed by atoms with E-state index >= 15 is 0 Å². The van der Waals surface area contributed by atoms with Crippen LogP contribution < -0.4 is 5.32 Å². The zero-order chi connectivity index (χ0) is 24.0.